The van der Waals surface area contributed by atoms with E-state index >= 15 is 0 Å². The van der Waals surface area contributed by atoms with Crippen molar-refractivity contribution in [3.05, 3.63) is 53.1 Å². The van der Waals surface area contributed by atoms with Gasteiger partial charge in [0.15, 0.2) is 6.10 Å². The summed E-state index contributed by atoms with van der Waals surface area (Å²) in [6.45, 7) is 2.43. The molecule has 1 amide bonds. The van der Waals surface area contributed by atoms with Gasteiger partial charge in [0.2, 0.25) is 0 Å². The summed E-state index contributed by atoms with van der Waals surface area (Å²) in [5.74, 6) is -0.0436. The molecule has 30 heavy (non-hydrogen) atoms. The first-order chi connectivity index (χ1) is 14.3. The van der Waals surface area contributed by atoms with Crippen molar-refractivity contribution in [2.45, 2.75) is 23.2 Å². The number of methoxy groups -OCH3 is 1. The summed E-state index contributed by atoms with van der Waals surface area (Å²) < 4.78 is 10.8. The van der Waals surface area contributed by atoms with Gasteiger partial charge in [-0.2, -0.15) is 0 Å². The van der Waals surface area contributed by atoms with E-state index in [9.17, 15) is 9.59 Å². The van der Waals surface area contributed by atoms with Crippen LogP contribution in [0.15, 0.2) is 47.4 Å². The molecule has 160 valence electrons. The number of fused-ring (bicyclic) bond motifs is 1. The Hall–Kier alpha value is -2.22. The summed E-state index contributed by atoms with van der Waals surface area (Å²) in [4.78, 5) is 30.1. The SMILES string of the molecule is COc1ccc(C2Sc3ccc(Cl)cc3N(CCN(C)C)C(=O)C2OC(C)=O)cc1. The van der Waals surface area contributed by atoms with Crippen molar-refractivity contribution >= 4 is 40.9 Å². The van der Waals surface area contributed by atoms with Gasteiger partial charge in [0.1, 0.15) is 5.75 Å². The van der Waals surface area contributed by atoms with Crippen LogP contribution in [-0.2, 0) is 14.3 Å². The standard InChI is InChI=1S/C22H25ClN2O4S/c1-14(26)29-20-21(15-5-8-17(28-4)9-6-15)30-19-10-7-16(23)13-18(19)25(22(20)27)12-11-24(2)3/h5-10,13,20-21H,11-12H2,1-4H3. The lowest BCUT2D eigenvalue weighted by molar-refractivity contribution is -0.152. The van der Waals surface area contributed by atoms with E-state index in [0.717, 1.165) is 16.1 Å². The van der Waals surface area contributed by atoms with Crippen LogP contribution in [0.5, 0.6) is 5.75 Å². The minimum atomic E-state index is -0.964. The molecule has 0 fully saturated rings. The molecule has 2 atom stereocenters. The molecule has 8 heteroatoms. The molecule has 0 aromatic heterocycles. The topological polar surface area (TPSA) is 59.1 Å². The van der Waals surface area contributed by atoms with E-state index in [1.54, 1.807) is 24.1 Å². The van der Waals surface area contributed by atoms with Crippen molar-refractivity contribution in [2.24, 2.45) is 0 Å². The lowest BCUT2D eigenvalue weighted by Gasteiger charge is -2.28. The van der Waals surface area contributed by atoms with Gasteiger partial charge in [-0.3, -0.25) is 9.59 Å². The number of nitrogens with zero attached hydrogens (tertiary/aromatic N) is 2. The average molecular weight is 449 g/mol. The summed E-state index contributed by atoms with van der Waals surface area (Å²) in [5, 5.41) is 0.139. The zero-order chi connectivity index (χ0) is 21.8. The number of carbonyl (C=O) groups excluding carboxylic acids is 2. The van der Waals surface area contributed by atoms with Crippen LogP contribution in [0.4, 0.5) is 5.69 Å². The Morgan fingerprint density at radius 1 is 1.20 bits per heavy atom. The molecule has 0 spiro atoms. The Morgan fingerprint density at radius 3 is 2.50 bits per heavy atom. The van der Waals surface area contributed by atoms with E-state index in [0.29, 0.717) is 23.9 Å². The Bertz CT molecular complexity index is 920. The quantitative estimate of drug-likeness (QED) is 0.622. The molecular weight excluding hydrogens is 424 g/mol. The number of hydrogen-bond donors (Lipinski definition) is 0. The third-order valence-electron chi connectivity index (χ3n) is 4.76. The first-order valence-corrected chi connectivity index (χ1v) is 10.8. The number of anilines is 1. The Balaban J connectivity index is 2.09. The highest BCUT2D eigenvalue weighted by atomic mass is 35.5. The first kappa shape index (κ1) is 22.5. The van der Waals surface area contributed by atoms with Crippen molar-refractivity contribution in [3.8, 4) is 5.75 Å². The molecule has 0 N–H and O–H groups in total. The second-order valence-electron chi connectivity index (χ2n) is 7.25. The first-order valence-electron chi connectivity index (χ1n) is 9.53. The maximum absolute atomic E-state index is 13.6. The van der Waals surface area contributed by atoms with Gasteiger partial charge in [-0.15, -0.1) is 11.8 Å². The summed E-state index contributed by atoms with van der Waals surface area (Å²) >= 11 is 7.75. The predicted molar refractivity (Wildman–Crippen MR) is 120 cm³/mol. The predicted octanol–water partition coefficient (Wildman–Crippen LogP) is 4.02. The Kier molecular flexibility index (Phi) is 7.28. The summed E-state index contributed by atoms with van der Waals surface area (Å²) in [6, 6.07) is 13.0. The van der Waals surface area contributed by atoms with Gasteiger partial charge in [-0.05, 0) is 50.0 Å². The van der Waals surface area contributed by atoms with Crippen molar-refractivity contribution < 1.29 is 19.1 Å². The fraction of sp³-hybridized carbons (Fsp3) is 0.364. The highest BCUT2D eigenvalue weighted by Gasteiger charge is 2.40. The monoisotopic (exact) mass is 448 g/mol. The number of rotatable bonds is 6. The van der Waals surface area contributed by atoms with Crippen LogP contribution in [0, 0.1) is 0 Å². The molecule has 0 aliphatic carbocycles. The molecule has 0 bridgehead atoms. The fourth-order valence-corrected chi connectivity index (χ4v) is 4.72. The summed E-state index contributed by atoms with van der Waals surface area (Å²) in [7, 11) is 5.49. The van der Waals surface area contributed by atoms with Crippen LogP contribution >= 0.6 is 23.4 Å². The van der Waals surface area contributed by atoms with E-state index in [1.807, 2.05) is 49.3 Å². The molecule has 2 unspecified atom stereocenters. The number of halogens is 1. The van der Waals surface area contributed by atoms with Crippen molar-refractivity contribution in [3.63, 3.8) is 0 Å². The second-order valence-corrected chi connectivity index (χ2v) is 8.87. The van der Waals surface area contributed by atoms with Crippen molar-refractivity contribution in [1.29, 1.82) is 0 Å². The number of carbonyl (C=O) groups is 2. The summed E-state index contributed by atoms with van der Waals surface area (Å²) in [5.41, 5.74) is 1.60. The molecule has 6 nitrogen and oxygen atoms in total. The highest BCUT2D eigenvalue weighted by molar-refractivity contribution is 7.99. The molecule has 1 aliphatic rings. The van der Waals surface area contributed by atoms with Gasteiger partial charge < -0.3 is 19.3 Å². The number of likely N-dealkylation sites (N-methyl/N-ethyl adjacent to an activating group) is 1. The average Bonchev–Trinajstić information content (AvgIpc) is 2.81. The number of benzene rings is 2. The van der Waals surface area contributed by atoms with Gasteiger partial charge in [-0.25, -0.2) is 0 Å². The number of amides is 1. The zero-order valence-corrected chi connectivity index (χ0v) is 19.0. The number of thioether (sulfide) groups is 1. The lowest BCUT2D eigenvalue weighted by Crippen LogP contribution is -2.45. The van der Waals surface area contributed by atoms with Gasteiger partial charge in [-0.1, -0.05) is 23.7 Å². The van der Waals surface area contributed by atoms with E-state index in [2.05, 4.69) is 0 Å². The molecule has 1 aliphatic heterocycles. The van der Waals surface area contributed by atoms with E-state index in [4.69, 9.17) is 21.1 Å². The molecular formula is C22H25ClN2O4S. The van der Waals surface area contributed by atoms with Gasteiger partial charge in [0.05, 0.1) is 18.0 Å². The van der Waals surface area contributed by atoms with Crippen LogP contribution in [-0.4, -0.2) is 57.2 Å². The Labute approximate surface area is 186 Å². The van der Waals surface area contributed by atoms with Crippen LogP contribution < -0.4 is 9.64 Å². The minimum Gasteiger partial charge on any atom is -0.497 e. The number of esters is 1. The third kappa shape index (κ3) is 5.09. The summed E-state index contributed by atoms with van der Waals surface area (Å²) in [6.07, 6.45) is -0.964. The molecule has 2 aromatic rings. The van der Waals surface area contributed by atoms with Gasteiger partial charge >= 0.3 is 5.97 Å². The molecule has 0 radical (unpaired) electrons. The molecule has 3 rings (SSSR count). The Morgan fingerprint density at radius 2 is 1.90 bits per heavy atom. The van der Waals surface area contributed by atoms with Gasteiger partial charge in [0.25, 0.3) is 5.91 Å². The van der Waals surface area contributed by atoms with Gasteiger partial charge in [0, 0.05) is 29.9 Å². The third-order valence-corrected chi connectivity index (χ3v) is 6.37. The van der Waals surface area contributed by atoms with E-state index in [-0.39, 0.29) is 5.91 Å². The molecule has 2 aromatic carbocycles. The van der Waals surface area contributed by atoms with E-state index in [1.165, 1.54) is 18.7 Å². The van der Waals surface area contributed by atoms with E-state index < -0.39 is 17.3 Å². The van der Waals surface area contributed by atoms with Crippen LogP contribution in [0.3, 0.4) is 0 Å². The lowest BCUT2D eigenvalue weighted by atomic mass is 10.1. The van der Waals surface area contributed by atoms with Crippen molar-refractivity contribution in [2.75, 3.05) is 39.2 Å². The van der Waals surface area contributed by atoms with Crippen LogP contribution in [0.1, 0.15) is 17.7 Å². The number of hydrogen-bond acceptors (Lipinski definition) is 6. The molecule has 0 saturated heterocycles. The zero-order valence-electron chi connectivity index (χ0n) is 17.4. The number of ether oxygens (including phenoxy) is 2. The largest absolute Gasteiger partial charge is 0.497 e. The molecule has 1 heterocycles. The van der Waals surface area contributed by atoms with Crippen LogP contribution in [0.25, 0.3) is 0 Å². The maximum atomic E-state index is 13.6. The molecule has 0 saturated carbocycles. The minimum absolute atomic E-state index is 0.263. The fourth-order valence-electron chi connectivity index (χ4n) is 3.26. The highest BCUT2D eigenvalue weighted by Crippen LogP contribution is 2.47. The maximum Gasteiger partial charge on any atom is 0.303 e. The smallest absolute Gasteiger partial charge is 0.303 e. The second kappa shape index (κ2) is 9.73. The van der Waals surface area contributed by atoms with Crippen LogP contribution in [0.2, 0.25) is 5.02 Å². The van der Waals surface area contributed by atoms with Crippen molar-refractivity contribution in [1.82, 2.24) is 4.90 Å². The normalized spacial score (nSPS) is 18.7.